The van der Waals surface area contributed by atoms with Gasteiger partial charge in [-0.05, 0) is 30.0 Å². The summed E-state index contributed by atoms with van der Waals surface area (Å²) in [5.74, 6) is 1.68. The van der Waals surface area contributed by atoms with Gasteiger partial charge in [0.15, 0.2) is 5.17 Å². The molecule has 2 rings (SSSR count). The van der Waals surface area contributed by atoms with Crippen LogP contribution in [0.2, 0.25) is 0 Å². The van der Waals surface area contributed by atoms with Crippen molar-refractivity contribution in [3.63, 3.8) is 0 Å². The van der Waals surface area contributed by atoms with Gasteiger partial charge in [-0.3, -0.25) is 4.99 Å². The number of thioether (sulfide) groups is 1. The summed E-state index contributed by atoms with van der Waals surface area (Å²) in [4.78, 5) is 4.64. The zero-order valence-electron chi connectivity index (χ0n) is 10.7. The van der Waals surface area contributed by atoms with Gasteiger partial charge in [0, 0.05) is 11.4 Å². The first-order chi connectivity index (χ1) is 8.19. The van der Waals surface area contributed by atoms with Crippen LogP contribution in [0.5, 0.6) is 0 Å². The average Bonchev–Trinajstić information content (AvgIpc) is 2.77. The molecule has 1 heterocycles. The maximum Gasteiger partial charge on any atom is 0.161 e. The fourth-order valence-corrected chi connectivity index (χ4v) is 2.87. The van der Waals surface area contributed by atoms with Gasteiger partial charge in [-0.1, -0.05) is 44.7 Å². The zero-order valence-corrected chi connectivity index (χ0v) is 11.6. The number of hydrogen-bond donors (Lipinski definition) is 1. The molecule has 0 saturated carbocycles. The lowest BCUT2D eigenvalue weighted by Crippen LogP contribution is -2.05. The molecule has 1 aromatic carbocycles. The molecule has 0 fully saturated rings. The number of rotatable bonds is 3. The molecule has 0 radical (unpaired) electrons. The third-order valence-electron chi connectivity index (χ3n) is 2.99. The number of hydrogen-bond acceptors (Lipinski definition) is 3. The van der Waals surface area contributed by atoms with Gasteiger partial charge in [-0.2, -0.15) is 0 Å². The lowest BCUT2D eigenvalue weighted by Gasteiger charge is -2.09. The monoisotopic (exact) mass is 248 g/mol. The second-order valence-corrected chi connectivity index (χ2v) is 5.72. The van der Waals surface area contributed by atoms with Crippen LogP contribution in [0.25, 0.3) is 0 Å². The molecule has 1 aliphatic rings. The fraction of sp³-hybridized carbons (Fsp3) is 0.500. The Hall–Kier alpha value is -0.960. The first-order valence-corrected chi connectivity index (χ1v) is 7.25. The standard InChI is InChI=1S/C14H20N2S/c1-4-12-9-17-14(15-12)16-13-7-5-6-11(8-13)10(2)3/h5-8,10,12H,4,9H2,1-3H3,(H,15,16). The number of anilines is 1. The van der Waals surface area contributed by atoms with E-state index in [9.17, 15) is 0 Å². The van der Waals surface area contributed by atoms with Crippen LogP contribution in [0, 0.1) is 0 Å². The first kappa shape index (κ1) is 12.5. The lowest BCUT2D eigenvalue weighted by atomic mass is 10.0. The van der Waals surface area contributed by atoms with E-state index < -0.39 is 0 Å². The van der Waals surface area contributed by atoms with Gasteiger partial charge in [-0.25, -0.2) is 0 Å². The summed E-state index contributed by atoms with van der Waals surface area (Å²) >= 11 is 1.82. The molecule has 1 atom stereocenters. The van der Waals surface area contributed by atoms with Crippen LogP contribution in [0.1, 0.15) is 38.7 Å². The largest absolute Gasteiger partial charge is 0.335 e. The topological polar surface area (TPSA) is 24.4 Å². The molecule has 3 heteroatoms. The van der Waals surface area contributed by atoms with Crippen molar-refractivity contribution in [1.29, 1.82) is 0 Å². The highest BCUT2D eigenvalue weighted by Gasteiger charge is 2.16. The van der Waals surface area contributed by atoms with Crippen molar-refractivity contribution in [3.8, 4) is 0 Å². The third-order valence-corrected chi connectivity index (χ3v) is 4.02. The summed E-state index contributed by atoms with van der Waals surface area (Å²) in [6, 6.07) is 9.10. The van der Waals surface area contributed by atoms with E-state index in [-0.39, 0.29) is 0 Å². The van der Waals surface area contributed by atoms with E-state index in [1.165, 1.54) is 5.56 Å². The predicted octanol–water partition coefficient (Wildman–Crippen LogP) is 4.10. The minimum Gasteiger partial charge on any atom is -0.335 e. The van der Waals surface area contributed by atoms with E-state index in [1.54, 1.807) is 0 Å². The van der Waals surface area contributed by atoms with Gasteiger partial charge in [0.2, 0.25) is 0 Å². The molecule has 1 unspecified atom stereocenters. The molecular formula is C14H20N2S. The first-order valence-electron chi connectivity index (χ1n) is 6.26. The van der Waals surface area contributed by atoms with Crippen LogP contribution in [0.15, 0.2) is 29.3 Å². The Labute approximate surface area is 108 Å². The average molecular weight is 248 g/mol. The van der Waals surface area contributed by atoms with Gasteiger partial charge in [0.25, 0.3) is 0 Å². The summed E-state index contributed by atoms with van der Waals surface area (Å²) < 4.78 is 0. The van der Waals surface area contributed by atoms with Crippen LogP contribution >= 0.6 is 11.8 Å². The molecule has 0 bridgehead atoms. The maximum absolute atomic E-state index is 4.64. The fourth-order valence-electron chi connectivity index (χ4n) is 1.79. The van der Waals surface area contributed by atoms with E-state index in [4.69, 9.17) is 0 Å². The van der Waals surface area contributed by atoms with Crippen molar-refractivity contribution in [2.45, 2.75) is 39.2 Å². The molecule has 17 heavy (non-hydrogen) atoms. The van der Waals surface area contributed by atoms with Gasteiger partial charge < -0.3 is 5.32 Å². The third kappa shape index (κ3) is 3.25. The Kier molecular flexibility index (Phi) is 4.11. The Morgan fingerprint density at radius 2 is 2.29 bits per heavy atom. The number of benzene rings is 1. The minimum atomic E-state index is 0.496. The molecule has 2 nitrogen and oxygen atoms in total. The van der Waals surface area contributed by atoms with Crippen LogP contribution in [0.3, 0.4) is 0 Å². The highest BCUT2D eigenvalue weighted by Crippen LogP contribution is 2.23. The van der Waals surface area contributed by atoms with Gasteiger partial charge in [0.05, 0.1) is 6.04 Å². The van der Waals surface area contributed by atoms with E-state index >= 15 is 0 Å². The summed E-state index contributed by atoms with van der Waals surface area (Å²) in [7, 11) is 0. The predicted molar refractivity (Wildman–Crippen MR) is 78.1 cm³/mol. The molecule has 92 valence electrons. The SMILES string of the molecule is CCC1CSC(Nc2cccc(C(C)C)c2)=N1. The van der Waals surface area contributed by atoms with E-state index in [0.717, 1.165) is 23.0 Å². The molecule has 0 aromatic heterocycles. The number of amidine groups is 1. The summed E-state index contributed by atoms with van der Waals surface area (Å²) in [6.45, 7) is 6.62. The Bertz CT molecular complexity index is 412. The van der Waals surface area contributed by atoms with E-state index in [0.29, 0.717) is 12.0 Å². The molecule has 0 saturated heterocycles. The molecule has 1 N–H and O–H groups in total. The van der Waals surface area contributed by atoms with Crippen molar-refractivity contribution < 1.29 is 0 Å². The normalized spacial score (nSPS) is 19.5. The molecule has 1 aliphatic heterocycles. The summed E-state index contributed by atoms with van der Waals surface area (Å²) in [5.41, 5.74) is 2.52. The van der Waals surface area contributed by atoms with Crippen molar-refractivity contribution in [2.24, 2.45) is 4.99 Å². The lowest BCUT2D eigenvalue weighted by molar-refractivity contribution is 0.738. The molecule has 1 aromatic rings. The van der Waals surface area contributed by atoms with Crippen molar-refractivity contribution >= 4 is 22.6 Å². The number of nitrogens with zero attached hydrogens (tertiary/aromatic N) is 1. The second-order valence-electron chi connectivity index (χ2n) is 4.71. The van der Waals surface area contributed by atoms with E-state index in [2.05, 4.69) is 55.3 Å². The minimum absolute atomic E-state index is 0.496. The van der Waals surface area contributed by atoms with Crippen molar-refractivity contribution in [3.05, 3.63) is 29.8 Å². The molecular weight excluding hydrogens is 228 g/mol. The van der Waals surface area contributed by atoms with Crippen LogP contribution in [-0.2, 0) is 0 Å². The Morgan fingerprint density at radius 1 is 1.47 bits per heavy atom. The maximum atomic E-state index is 4.64. The van der Waals surface area contributed by atoms with Crippen molar-refractivity contribution in [1.82, 2.24) is 0 Å². The Morgan fingerprint density at radius 3 is 2.94 bits per heavy atom. The van der Waals surface area contributed by atoms with Gasteiger partial charge >= 0.3 is 0 Å². The van der Waals surface area contributed by atoms with E-state index in [1.807, 2.05) is 11.8 Å². The quantitative estimate of drug-likeness (QED) is 0.870. The van der Waals surface area contributed by atoms with Crippen LogP contribution in [0.4, 0.5) is 5.69 Å². The van der Waals surface area contributed by atoms with Crippen LogP contribution in [-0.4, -0.2) is 17.0 Å². The summed E-state index contributed by atoms with van der Waals surface area (Å²) in [6.07, 6.45) is 1.13. The highest BCUT2D eigenvalue weighted by molar-refractivity contribution is 8.14. The molecule has 0 spiro atoms. The summed E-state index contributed by atoms with van der Waals surface area (Å²) in [5, 5.41) is 4.48. The number of nitrogens with one attached hydrogen (secondary N) is 1. The van der Waals surface area contributed by atoms with Gasteiger partial charge in [-0.15, -0.1) is 0 Å². The Balaban J connectivity index is 2.06. The van der Waals surface area contributed by atoms with Crippen LogP contribution < -0.4 is 5.32 Å². The highest BCUT2D eigenvalue weighted by atomic mass is 32.2. The zero-order chi connectivity index (χ0) is 12.3. The molecule has 0 amide bonds. The van der Waals surface area contributed by atoms with Gasteiger partial charge in [0.1, 0.15) is 0 Å². The van der Waals surface area contributed by atoms with Crippen molar-refractivity contribution in [2.75, 3.05) is 11.1 Å². The second kappa shape index (κ2) is 5.58. The smallest absolute Gasteiger partial charge is 0.161 e. The molecule has 0 aliphatic carbocycles. The number of aliphatic imine (C=N–C) groups is 1.